The second-order valence-corrected chi connectivity index (χ2v) is 9.15. The van der Waals surface area contributed by atoms with Crippen molar-refractivity contribution in [1.82, 2.24) is 49.8 Å². The van der Waals surface area contributed by atoms with Gasteiger partial charge >= 0.3 is 0 Å². The molecule has 2 fully saturated rings. The summed E-state index contributed by atoms with van der Waals surface area (Å²) in [6.07, 6.45) is 6.63. The van der Waals surface area contributed by atoms with E-state index in [1.807, 2.05) is 0 Å². The third-order valence-electron chi connectivity index (χ3n) is 6.75. The zero-order valence-corrected chi connectivity index (χ0v) is 19.4. The molecule has 4 N–H and O–H groups in total. The molecule has 4 unspecified atom stereocenters. The molecule has 6 rings (SSSR count). The highest BCUT2D eigenvalue weighted by Crippen LogP contribution is 2.38. The molecular formula is C22H25N11O3. The van der Waals surface area contributed by atoms with E-state index in [9.17, 15) is 15.0 Å². The van der Waals surface area contributed by atoms with Crippen molar-refractivity contribution in [2.45, 2.75) is 37.5 Å². The normalized spacial score (nSPS) is 23.8. The van der Waals surface area contributed by atoms with Gasteiger partial charge in [0, 0.05) is 26.0 Å². The van der Waals surface area contributed by atoms with Crippen LogP contribution in [0.4, 0.5) is 5.82 Å². The fourth-order valence-electron chi connectivity index (χ4n) is 4.56. The number of hydrogen-bond donors (Lipinski definition) is 4. The van der Waals surface area contributed by atoms with E-state index in [4.69, 9.17) is 0 Å². The van der Waals surface area contributed by atoms with Gasteiger partial charge in [-0.3, -0.25) is 4.79 Å². The van der Waals surface area contributed by atoms with Gasteiger partial charge in [0.1, 0.15) is 6.10 Å². The van der Waals surface area contributed by atoms with Crippen LogP contribution >= 0.6 is 0 Å². The maximum atomic E-state index is 12.2. The average molecular weight is 492 g/mol. The minimum Gasteiger partial charge on any atom is -0.390 e. The van der Waals surface area contributed by atoms with E-state index in [0.717, 1.165) is 6.54 Å². The van der Waals surface area contributed by atoms with Crippen LogP contribution in [-0.4, -0.2) is 86.4 Å². The van der Waals surface area contributed by atoms with Crippen molar-refractivity contribution in [3.63, 3.8) is 0 Å². The van der Waals surface area contributed by atoms with Crippen molar-refractivity contribution < 1.29 is 15.0 Å². The Morgan fingerprint density at radius 2 is 1.94 bits per heavy atom. The molecule has 4 aromatic rings. The molecule has 0 radical (unpaired) electrons. The van der Waals surface area contributed by atoms with Gasteiger partial charge < -0.3 is 25.4 Å². The lowest BCUT2D eigenvalue weighted by Crippen LogP contribution is -2.36. The molecule has 0 bridgehead atoms. The predicted octanol–water partition coefficient (Wildman–Crippen LogP) is -0.285. The van der Waals surface area contributed by atoms with Gasteiger partial charge in [0.15, 0.2) is 28.5 Å². The summed E-state index contributed by atoms with van der Waals surface area (Å²) in [6.45, 7) is 0.752. The number of aliphatic hydroxyl groups is 2. The van der Waals surface area contributed by atoms with Crippen LogP contribution in [0.3, 0.4) is 0 Å². The monoisotopic (exact) mass is 491 g/mol. The highest BCUT2D eigenvalue weighted by molar-refractivity contribution is 5.84. The van der Waals surface area contributed by atoms with E-state index in [1.165, 1.54) is 24.6 Å². The Hall–Kier alpha value is -4.04. The first-order valence-electron chi connectivity index (χ1n) is 11.8. The molecule has 2 aliphatic rings. The Balaban J connectivity index is 1.41. The second-order valence-electron chi connectivity index (χ2n) is 9.15. The Labute approximate surface area is 204 Å². The van der Waals surface area contributed by atoms with E-state index in [1.54, 1.807) is 35.6 Å². The Kier molecular flexibility index (Phi) is 5.53. The standard InChI is InChI=1S/C22H25N11O3/c1-23-21(36)12-7-14(17(35)16(12)34)32-10-27-15-19(26-8-11-3-4-11)28-22(29-20(15)32)33-9-13(30-31-33)18-24-5-2-6-25-18/h2,5-6,9-12,14,16-17,34-35H,3-4,7-8H2,1H3,(H,23,36)(H,26,28,29). The number of fused-ring (bicyclic) bond motifs is 1. The first-order valence-corrected chi connectivity index (χ1v) is 11.8. The molecular weight excluding hydrogens is 466 g/mol. The van der Waals surface area contributed by atoms with E-state index < -0.39 is 24.2 Å². The van der Waals surface area contributed by atoms with E-state index in [2.05, 4.69) is 45.9 Å². The largest absolute Gasteiger partial charge is 0.390 e. The lowest BCUT2D eigenvalue weighted by atomic mass is 10.1. The van der Waals surface area contributed by atoms with Crippen LogP contribution < -0.4 is 10.6 Å². The van der Waals surface area contributed by atoms with Crippen molar-refractivity contribution in [1.29, 1.82) is 0 Å². The van der Waals surface area contributed by atoms with Crippen LogP contribution in [0.15, 0.2) is 31.0 Å². The number of nitrogens with one attached hydrogen (secondary N) is 2. The molecule has 14 heteroatoms. The number of aromatic nitrogens is 9. The summed E-state index contributed by atoms with van der Waals surface area (Å²) in [7, 11) is 1.51. The Morgan fingerprint density at radius 3 is 2.69 bits per heavy atom. The summed E-state index contributed by atoms with van der Waals surface area (Å²) in [4.78, 5) is 34.5. The number of carbonyl (C=O) groups is 1. The number of carbonyl (C=O) groups excluding carboxylic acids is 1. The fourth-order valence-corrected chi connectivity index (χ4v) is 4.56. The lowest BCUT2D eigenvalue weighted by Gasteiger charge is -2.18. The van der Waals surface area contributed by atoms with Crippen LogP contribution in [0, 0.1) is 11.8 Å². The van der Waals surface area contributed by atoms with Gasteiger partial charge in [-0.05, 0) is 31.2 Å². The molecule has 14 nitrogen and oxygen atoms in total. The molecule has 186 valence electrons. The topological polar surface area (TPSA) is 182 Å². The summed E-state index contributed by atoms with van der Waals surface area (Å²) < 4.78 is 3.12. The van der Waals surface area contributed by atoms with Gasteiger partial charge in [-0.1, -0.05) is 5.21 Å². The number of imidazole rings is 1. The molecule has 36 heavy (non-hydrogen) atoms. The quantitative estimate of drug-likeness (QED) is 0.267. The molecule has 4 heterocycles. The first kappa shape index (κ1) is 22.4. The van der Waals surface area contributed by atoms with Crippen LogP contribution in [0.5, 0.6) is 0 Å². The average Bonchev–Trinajstić information content (AvgIpc) is 3.30. The highest BCUT2D eigenvalue weighted by atomic mass is 16.3. The number of nitrogens with zero attached hydrogens (tertiary/aromatic N) is 9. The van der Waals surface area contributed by atoms with Crippen molar-refractivity contribution in [3.05, 3.63) is 31.0 Å². The van der Waals surface area contributed by atoms with E-state index in [-0.39, 0.29) is 18.3 Å². The summed E-state index contributed by atoms with van der Waals surface area (Å²) in [6, 6.07) is 1.11. The summed E-state index contributed by atoms with van der Waals surface area (Å²) in [5.74, 6) is 0.718. The van der Waals surface area contributed by atoms with Crippen molar-refractivity contribution >= 4 is 22.9 Å². The van der Waals surface area contributed by atoms with Crippen molar-refractivity contribution in [3.8, 4) is 17.5 Å². The first-order chi connectivity index (χ1) is 17.5. The van der Waals surface area contributed by atoms with Gasteiger partial charge in [0.2, 0.25) is 5.91 Å². The van der Waals surface area contributed by atoms with Crippen LogP contribution in [0.2, 0.25) is 0 Å². The van der Waals surface area contributed by atoms with Gasteiger partial charge in [-0.15, -0.1) is 5.10 Å². The zero-order valence-electron chi connectivity index (χ0n) is 19.4. The third kappa shape index (κ3) is 3.93. The van der Waals surface area contributed by atoms with E-state index in [0.29, 0.717) is 34.4 Å². The predicted molar refractivity (Wildman–Crippen MR) is 126 cm³/mol. The number of aliphatic hydroxyl groups excluding tert-OH is 2. The zero-order chi connectivity index (χ0) is 24.8. The summed E-state index contributed by atoms with van der Waals surface area (Å²) in [5.41, 5.74) is 1.43. The molecule has 0 aromatic carbocycles. The second kappa shape index (κ2) is 8.87. The van der Waals surface area contributed by atoms with Crippen LogP contribution in [-0.2, 0) is 4.79 Å². The highest BCUT2D eigenvalue weighted by Gasteiger charge is 2.46. The summed E-state index contributed by atoms with van der Waals surface area (Å²) in [5, 5.41) is 35.6. The van der Waals surface area contributed by atoms with E-state index >= 15 is 0 Å². The minimum atomic E-state index is -1.20. The molecule has 0 saturated heterocycles. The van der Waals surface area contributed by atoms with Gasteiger partial charge in [-0.2, -0.15) is 14.6 Å². The SMILES string of the molecule is CNC(=O)C1CC(n2cnc3c(NCC4CC4)nc(-n4cc(-c5ncccn5)nn4)nc32)C(O)C1O. The lowest BCUT2D eigenvalue weighted by molar-refractivity contribution is -0.128. The van der Waals surface area contributed by atoms with Crippen LogP contribution in [0.1, 0.15) is 25.3 Å². The molecule has 0 spiro atoms. The Bertz CT molecular complexity index is 1400. The molecule has 1 amide bonds. The molecule has 0 aliphatic heterocycles. The number of amides is 1. The number of hydrogen-bond acceptors (Lipinski definition) is 11. The van der Waals surface area contributed by atoms with Gasteiger partial charge in [0.05, 0.1) is 30.6 Å². The van der Waals surface area contributed by atoms with Crippen molar-refractivity contribution in [2.24, 2.45) is 11.8 Å². The molecule has 4 aromatic heterocycles. The Morgan fingerprint density at radius 1 is 1.14 bits per heavy atom. The smallest absolute Gasteiger partial charge is 0.256 e. The fraction of sp³-hybridized carbons (Fsp3) is 0.455. The maximum Gasteiger partial charge on any atom is 0.256 e. The summed E-state index contributed by atoms with van der Waals surface area (Å²) >= 11 is 0. The van der Waals surface area contributed by atoms with Crippen LogP contribution in [0.25, 0.3) is 28.6 Å². The molecule has 2 aliphatic carbocycles. The van der Waals surface area contributed by atoms with Gasteiger partial charge in [0.25, 0.3) is 5.95 Å². The maximum absolute atomic E-state index is 12.2. The number of rotatable bonds is 7. The minimum absolute atomic E-state index is 0.233. The number of anilines is 1. The van der Waals surface area contributed by atoms with Gasteiger partial charge in [-0.25, -0.2) is 15.0 Å². The molecule has 4 atom stereocenters. The molecule has 2 saturated carbocycles. The third-order valence-corrected chi connectivity index (χ3v) is 6.75. The van der Waals surface area contributed by atoms with Crippen molar-refractivity contribution in [2.75, 3.05) is 18.9 Å².